The highest BCUT2D eigenvalue weighted by molar-refractivity contribution is 6.74. The van der Waals surface area contributed by atoms with Crippen LogP contribution in [0.1, 0.15) is 66.6 Å². The van der Waals surface area contributed by atoms with Crippen LogP contribution in [-0.2, 0) is 23.4 Å². The lowest BCUT2D eigenvalue weighted by Gasteiger charge is -2.42. The van der Waals surface area contributed by atoms with Crippen LogP contribution in [-0.4, -0.2) is 56.0 Å². The normalized spacial score (nSPS) is 31.1. The van der Waals surface area contributed by atoms with E-state index in [9.17, 15) is 5.11 Å². The molecule has 0 bridgehead atoms. The van der Waals surface area contributed by atoms with E-state index in [1.165, 1.54) is 0 Å². The molecule has 1 aromatic carbocycles. The molecule has 0 spiro atoms. The lowest BCUT2D eigenvalue weighted by atomic mass is 9.94. The summed E-state index contributed by atoms with van der Waals surface area (Å²) in [6.45, 7) is 18.9. The van der Waals surface area contributed by atoms with Crippen molar-refractivity contribution in [2.45, 2.75) is 115 Å². The Hall–Kier alpha value is -0.803. The molecular formula is C25H42O6Si. The van der Waals surface area contributed by atoms with E-state index in [0.717, 1.165) is 5.56 Å². The molecule has 0 saturated carbocycles. The predicted molar refractivity (Wildman–Crippen MR) is 127 cm³/mol. The van der Waals surface area contributed by atoms with E-state index in [4.69, 9.17) is 23.4 Å². The molecule has 0 radical (unpaired) electrons. The largest absolute Gasteiger partial charge is 0.407 e. The van der Waals surface area contributed by atoms with Crippen molar-refractivity contribution < 1.29 is 28.5 Å². The first kappa shape index (κ1) is 25.8. The van der Waals surface area contributed by atoms with E-state index in [1.54, 1.807) is 0 Å². The van der Waals surface area contributed by atoms with Gasteiger partial charge in [0.25, 0.3) is 0 Å². The summed E-state index contributed by atoms with van der Waals surface area (Å²) in [5.74, 6) is -1.55. The summed E-state index contributed by atoms with van der Waals surface area (Å²) in [4.78, 5) is 0. The van der Waals surface area contributed by atoms with Gasteiger partial charge < -0.3 is 28.5 Å². The number of rotatable bonds is 7. The van der Waals surface area contributed by atoms with E-state index in [2.05, 4.69) is 46.0 Å². The quantitative estimate of drug-likeness (QED) is 0.559. The lowest BCUT2D eigenvalue weighted by molar-refractivity contribution is -0.175. The molecular weight excluding hydrogens is 424 g/mol. The zero-order chi connectivity index (χ0) is 23.9. The first-order chi connectivity index (χ1) is 14.7. The van der Waals surface area contributed by atoms with Gasteiger partial charge in [0.2, 0.25) is 0 Å². The molecule has 1 N–H and O–H groups in total. The van der Waals surface area contributed by atoms with E-state index in [1.807, 2.05) is 45.9 Å². The molecule has 5 atom stereocenters. The van der Waals surface area contributed by atoms with Crippen LogP contribution in [0, 0.1) is 0 Å². The molecule has 0 unspecified atom stereocenters. The fourth-order valence-electron chi connectivity index (χ4n) is 4.26. The number of aliphatic hydroxyl groups is 1. The average molecular weight is 467 g/mol. The molecule has 0 amide bonds. The van der Waals surface area contributed by atoms with Crippen LogP contribution in [0.15, 0.2) is 30.3 Å². The maximum atomic E-state index is 9.63. The van der Waals surface area contributed by atoms with Crippen LogP contribution in [0.25, 0.3) is 0 Å². The van der Waals surface area contributed by atoms with Gasteiger partial charge in [-0.2, -0.15) is 0 Å². The second kappa shape index (κ2) is 9.10. The van der Waals surface area contributed by atoms with Gasteiger partial charge in [0.05, 0.1) is 12.2 Å². The molecule has 6 nitrogen and oxygen atoms in total. The Balaban J connectivity index is 2.01. The highest BCUT2D eigenvalue weighted by Crippen LogP contribution is 2.47. The van der Waals surface area contributed by atoms with Crippen molar-refractivity contribution in [2.24, 2.45) is 0 Å². The Bertz CT molecular complexity index is 757. The maximum absolute atomic E-state index is 9.63. The van der Waals surface area contributed by atoms with E-state index in [-0.39, 0.29) is 36.1 Å². The average Bonchev–Trinajstić information content (AvgIpc) is 3.14. The molecule has 3 rings (SSSR count). The van der Waals surface area contributed by atoms with Crippen LogP contribution in [0.4, 0.5) is 0 Å². The number of ether oxygens (including phenoxy) is 4. The van der Waals surface area contributed by atoms with Crippen molar-refractivity contribution in [1.29, 1.82) is 0 Å². The topological polar surface area (TPSA) is 66.4 Å². The third-order valence-corrected chi connectivity index (χ3v) is 11.2. The highest BCUT2D eigenvalue weighted by atomic mass is 28.4. The van der Waals surface area contributed by atoms with Crippen molar-refractivity contribution >= 4 is 8.32 Å². The van der Waals surface area contributed by atoms with Crippen LogP contribution < -0.4 is 0 Å². The van der Waals surface area contributed by atoms with Gasteiger partial charge >= 0.3 is 0 Å². The zero-order valence-electron chi connectivity index (χ0n) is 21.2. The Morgan fingerprint density at radius 2 is 1.50 bits per heavy atom. The first-order valence-electron chi connectivity index (χ1n) is 11.7. The Labute approximate surface area is 194 Å². The summed E-state index contributed by atoms with van der Waals surface area (Å²) in [6, 6.07) is 10.2. The van der Waals surface area contributed by atoms with Crippen molar-refractivity contribution in [3.8, 4) is 0 Å². The second-order valence-corrected chi connectivity index (χ2v) is 16.2. The van der Waals surface area contributed by atoms with Gasteiger partial charge in [0.15, 0.2) is 19.9 Å². The monoisotopic (exact) mass is 466 g/mol. The SMILES string of the molecule is CC1(C)O[C@H]([C@H]2OC(C)(C)O[C@@H]2CCO)[C@@H]([C@H](O[Si](C)(C)C(C)(C)C)c2ccccc2)O1. The molecule has 2 aliphatic heterocycles. The minimum atomic E-state index is -2.14. The van der Waals surface area contributed by atoms with Crippen molar-refractivity contribution in [2.75, 3.05) is 6.61 Å². The van der Waals surface area contributed by atoms with Gasteiger partial charge in [-0.25, -0.2) is 0 Å². The van der Waals surface area contributed by atoms with Crippen LogP contribution in [0.3, 0.4) is 0 Å². The minimum Gasteiger partial charge on any atom is -0.407 e. The van der Waals surface area contributed by atoms with Crippen molar-refractivity contribution in [3.63, 3.8) is 0 Å². The van der Waals surface area contributed by atoms with Gasteiger partial charge in [0, 0.05) is 6.61 Å². The summed E-state index contributed by atoms with van der Waals surface area (Å²) >= 11 is 0. The molecule has 0 aromatic heterocycles. The third-order valence-electron chi connectivity index (χ3n) is 6.78. The van der Waals surface area contributed by atoms with Gasteiger partial charge in [0.1, 0.15) is 18.3 Å². The molecule has 182 valence electrons. The fourth-order valence-corrected chi connectivity index (χ4v) is 5.52. The summed E-state index contributed by atoms with van der Waals surface area (Å²) in [7, 11) is -2.14. The van der Waals surface area contributed by atoms with E-state index < -0.39 is 26.0 Å². The zero-order valence-corrected chi connectivity index (χ0v) is 22.2. The van der Waals surface area contributed by atoms with Gasteiger partial charge in [-0.15, -0.1) is 0 Å². The number of aliphatic hydroxyl groups excluding tert-OH is 1. The summed E-state index contributed by atoms with van der Waals surface area (Å²) in [5.41, 5.74) is 1.06. The predicted octanol–water partition coefficient (Wildman–Crippen LogP) is 5.17. The van der Waals surface area contributed by atoms with Crippen LogP contribution >= 0.6 is 0 Å². The highest BCUT2D eigenvalue weighted by Gasteiger charge is 2.56. The van der Waals surface area contributed by atoms with Gasteiger partial charge in [-0.1, -0.05) is 51.1 Å². The molecule has 32 heavy (non-hydrogen) atoms. The maximum Gasteiger partial charge on any atom is 0.193 e. The molecule has 2 heterocycles. The van der Waals surface area contributed by atoms with Crippen molar-refractivity contribution in [1.82, 2.24) is 0 Å². The minimum absolute atomic E-state index is 0.0187. The first-order valence-corrected chi connectivity index (χ1v) is 14.6. The van der Waals surface area contributed by atoms with Crippen LogP contribution in [0.5, 0.6) is 0 Å². The molecule has 2 saturated heterocycles. The fraction of sp³-hybridized carbons (Fsp3) is 0.760. The van der Waals surface area contributed by atoms with E-state index >= 15 is 0 Å². The Morgan fingerprint density at radius 3 is 2.06 bits per heavy atom. The molecule has 1 aromatic rings. The summed E-state index contributed by atoms with van der Waals surface area (Å²) in [6.07, 6.45) is -1.29. The third kappa shape index (κ3) is 5.63. The Kier molecular flexibility index (Phi) is 7.34. The Morgan fingerprint density at radius 1 is 0.938 bits per heavy atom. The van der Waals surface area contributed by atoms with Crippen LogP contribution in [0.2, 0.25) is 18.1 Å². The molecule has 2 fully saturated rings. The van der Waals surface area contributed by atoms with Crippen molar-refractivity contribution in [3.05, 3.63) is 35.9 Å². The molecule has 0 aliphatic carbocycles. The number of hydrogen-bond donors (Lipinski definition) is 1. The van der Waals surface area contributed by atoms with Gasteiger partial charge in [-0.3, -0.25) is 0 Å². The molecule has 7 heteroatoms. The summed E-state index contributed by atoms with van der Waals surface area (Å²) in [5, 5.41) is 9.67. The summed E-state index contributed by atoms with van der Waals surface area (Å²) < 4.78 is 32.4. The smallest absolute Gasteiger partial charge is 0.193 e. The molecule has 2 aliphatic rings. The second-order valence-electron chi connectivity index (χ2n) is 11.4. The van der Waals surface area contributed by atoms with E-state index in [0.29, 0.717) is 6.42 Å². The number of hydrogen-bond acceptors (Lipinski definition) is 6. The van der Waals surface area contributed by atoms with Gasteiger partial charge in [-0.05, 0) is 57.8 Å². The standard InChI is InChI=1S/C25H42O6Si/c1-23(2,3)32(8,9)31-19(17-13-11-10-12-14-17)21-22(30-25(6,7)29-21)20-18(15-16-26)27-24(4,5)28-20/h10-14,18-22,26H,15-16H2,1-9H3/t18-,19-,20+,21-,22-/m1/s1. The number of benzene rings is 1. The lowest BCUT2D eigenvalue weighted by Crippen LogP contribution is -2.49.